The van der Waals surface area contributed by atoms with Gasteiger partial charge in [0.15, 0.2) is 35.8 Å². The summed E-state index contributed by atoms with van der Waals surface area (Å²) in [5.41, 5.74) is 4.39. The molecule has 0 saturated heterocycles. The summed E-state index contributed by atoms with van der Waals surface area (Å²) < 4.78 is 32.7. The maximum atomic E-state index is 12.4. The van der Waals surface area contributed by atoms with Gasteiger partial charge in [0, 0.05) is 5.70 Å². The molecule has 2 aromatic carbocycles. The smallest absolute Gasteiger partial charge is 0.343 e. The molecule has 2 amide bonds. The summed E-state index contributed by atoms with van der Waals surface area (Å²) in [6, 6.07) is 7.07. The van der Waals surface area contributed by atoms with Crippen molar-refractivity contribution < 1.29 is 47.9 Å². The highest BCUT2D eigenvalue weighted by Crippen LogP contribution is 2.37. The molecule has 0 spiro atoms. The van der Waals surface area contributed by atoms with E-state index in [1.807, 2.05) is 6.92 Å². The molecule has 0 aromatic heterocycles. The van der Waals surface area contributed by atoms with Gasteiger partial charge in [0.05, 0.1) is 49.7 Å². The molecule has 0 fully saturated rings. The van der Waals surface area contributed by atoms with E-state index in [4.69, 9.17) is 23.7 Å². The number of benzene rings is 2. The third-order valence-electron chi connectivity index (χ3n) is 6.00. The molecule has 0 saturated carbocycles. The van der Waals surface area contributed by atoms with Crippen molar-refractivity contribution in [3.63, 3.8) is 0 Å². The Balaban J connectivity index is 1.68. The normalized spacial score (nSPS) is 15.2. The SMILES string of the molecule is CCOc1cc([C@@H]2NC(=O)NC(C)=C2C(=O)OC)ccc1OC[C@H](O)N/N=C\c1cc(Br)c(OCC(=O)OC)c(OCC)c1. The number of aliphatic hydroxyl groups excluding tert-OH is 1. The highest BCUT2D eigenvalue weighted by Gasteiger charge is 2.32. The van der Waals surface area contributed by atoms with Crippen molar-refractivity contribution in [2.45, 2.75) is 33.0 Å². The van der Waals surface area contributed by atoms with Gasteiger partial charge in [0.1, 0.15) is 6.61 Å². The summed E-state index contributed by atoms with van der Waals surface area (Å²) in [5.74, 6) is 0.271. The zero-order chi connectivity index (χ0) is 32.2. The average molecular weight is 680 g/mol. The summed E-state index contributed by atoms with van der Waals surface area (Å²) in [7, 11) is 2.53. The van der Waals surface area contributed by atoms with Gasteiger partial charge >= 0.3 is 18.0 Å². The van der Waals surface area contributed by atoms with Gasteiger partial charge in [-0.15, -0.1) is 0 Å². The number of esters is 2. The van der Waals surface area contributed by atoms with Gasteiger partial charge in [-0.05, 0) is 72.1 Å². The molecule has 0 aliphatic carbocycles. The predicted octanol–water partition coefficient (Wildman–Crippen LogP) is 2.92. The van der Waals surface area contributed by atoms with Crippen LogP contribution < -0.4 is 35.0 Å². The van der Waals surface area contributed by atoms with Gasteiger partial charge in [0.2, 0.25) is 0 Å². The van der Waals surface area contributed by atoms with Crippen molar-refractivity contribution >= 4 is 40.1 Å². The minimum atomic E-state index is -1.20. The van der Waals surface area contributed by atoms with E-state index in [2.05, 4.69) is 41.8 Å². The summed E-state index contributed by atoms with van der Waals surface area (Å²) in [5, 5.41) is 19.8. The third-order valence-corrected chi connectivity index (χ3v) is 6.59. The highest BCUT2D eigenvalue weighted by molar-refractivity contribution is 9.10. The molecule has 44 heavy (non-hydrogen) atoms. The number of hydrogen-bond acceptors (Lipinski definition) is 12. The molecule has 0 radical (unpaired) electrons. The Labute approximate surface area is 262 Å². The van der Waals surface area contributed by atoms with Crippen LogP contribution in [0, 0.1) is 0 Å². The Morgan fingerprint density at radius 3 is 2.45 bits per heavy atom. The lowest BCUT2D eigenvalue weighted by Gasteiger charge is -2.28. The molecule has 2 atom stereocenters. The molecular weight excluding hydrogens is 644 g/mol. The number of ether oxygens (including phenoxy) is 6. The Morgan fingerprint density at radius 2 is 1.77 bits per heavy atom. The molecule has 4 N–H and O–H groups in total. The molecule has 238 valence electrons. The first kappa shape index (κ1) is 34.0. The van der Waals surface area contributed by atoms with Crippen LogP contribution in [0.3, 0.4) is 0 Å². The highest BCUT2D eigenvalue weighted by atomic mass is 79.9. The molecule has 2 aromatic rings. The molecule has 0 bridgehead atoms. The number of nitrogens with zero attached hydrogens (tertiary/aromatic N) is 1. The van der Waals surface area contributed by atoms with Crippen molar-refractivity contribution in [1.29, 1.82) is 0 Å². The molecule has 3 rings (SSSR count). The number of urea groups is 1. The lowest BCUT2D eigenvalue weighted by molar-refractivity contribution is -0.143. The Bertz CT molecular complexity index is 1410. The Hall–Kier alpha value is -4.50. The van der Waals surface area contributed by atoms with E-state index in [9.17, 15) is 19.5 Å². The average Bonchev–Trinajstić information content (AvgIpc) is 2.99. The fraction of sp³-hybridized carbons (Fsp3) is 0.379. The van der Waals surface area contributed by atoms with Gasteiger partial charge in [-0.3, -0.25) is 5.43 Å². The van der Waals surface area contributed by atoms with E-state index in [1.54, 1.807) is 44.2 Å². The van der Waals surface area contributed by atoms with Crippen LogP contribution in [0.15, 0.2) is 51.2 Å². The summed E-state index contributed by atoms with van der Waals surface area (Å²) in [6.07, 6.45) is 0.265. The third kappa shape index (κ3) is 9.00. The van der Waals surface area contributed by atoms with E-state index in [-0.39, 0.29) is 18.8 Å². The predicted molar refractivity (Wildman–Crippen MR) is 162 cm³/mol. The molecule has 0 unspecified atom stereocenters. The van der Waals surface area contributed by atoms with Crippen LogP contribution in [0.25, 0.3) is 0 Å². The van der Waals surface area contributed by atoms with Crippen molar-refractivity contribution in [2.75, 3.05) is 40.6 Å². The molecule has 14 nitrogen and oxygen atoms in total. The first-order chi connectivity index (χ1) is 21.1. The number of nitrogens with one attached hydrogen (secondary N) is 3. The van der Waals surface area contributed by atoms with Gasteiger partial charge < -0.3 is 44.2 Å². The maximum absolute atomic E-state index is 12.4. The lowest BCUT2D eigenvalue weighted by Crippen LogP contribution is -2.45. The largest absolute Gasteiger partial charge is 0.490 e. The Morgan fingerprint density at radius 1 is 1.05 bits per heavy atom. The second-order valence-electron chi connectivity index (χ2n) is 9.04. The standard InChI is InChI=1S/C29H35BrN4O10/c1-6-41-21-12-18(26-25(28(37)40-5)16(3)32-29(38)33-26)8-9-20(21)43-14-23(35)34-31-13-17-10-19(30)27(22(11-17)42-7-2)44-15-24(36)39-4/h8-13,23,26,34-35H,6-7,14-15H2,1-5H3,(H2,32,33,38)/b31-13-/t23-,26-/m0/s1. The molecule has 1 aliphatic rings. The summed E-state index contributed by atoms with van der Waals surface area (Å²) in [6.45, 7) is 5.41. The molecular formula is C29H35BrN4O10. The van der Waals surface area contributed by atoms with Crippen LogP contribution in [0.2, 0.25) is 0 Å². The number of hydrazone groups is 1. The first-order valence-corrected chi connectivity index (χ1v) is 14.3. The van der Waals surface area contributed by atoms with Crippen molar-refractivity contribution in [1.82, 2.24) is 16.1 Å². The monoisotopic (exact) mass is 678 g/mol. The zero-order valence-corrected chi connectivity index (χ0v) is 26.5. The number of carbonyl (C=O) groups is 3. The molecule has 1 heterocycles. The number of amides is 2. The molecule has 15 heteroatoms. The fourth-order valence-electron chi connectivity index (χ4n) is 4.08. The number of hydrogen-bond donors (Lipinski definition) is 4. The van der Waals surface area contributed by atoms with Crippen LogP contribution >= 0.6 is 15.9 Å². The maximum Gasteiger partial charge on any atom is 0.343 e. The van der Waals surface area contributed by atoms with Gasteiger partial charge in [-0.1, -0.05) is 6.07 Å². The zero-order valence-electron chi connectivity index (χ0n) is 24.9. The number of allylic oxidation sites excluding steroid dienone is 1. The van der Waals surface area contributed by atoms with Crippen molar-refractivity contribution in [2.24, 2.45) is 5.10 Å². The van der Waals surface area contributed by atoms with E-state index < -0.39 is 30.2 Å². The minimum Gasteiger partial charge on any atom is -0.490 e. The van der Waals surface area contributed by atoms with Crippen LogP contribution in [0.5, 0.6) is 23.0 Å². The quantitative estimate of drug-likeness (QED) is 0.0943. The van der Waals surface area contributed by atoms with Crippen LogP contribution in [0.4, 0.5) is 4.79 Å². The molecule has 1 aliphatic heterocycles. The first-order valence-electron chi connectivity index (χ1n) is 13.5. The number of aliphatic hydroxyl groups is 1. The lowest BCUT2D eigenvalue weighted by atomic mass is 9.95. The van der Waals surface area contributed by atoms with Crippen molar-refractivity contribution in [3.05, 3.63) is 57.2 Å². The van der Waals surface area contributed by atoms with Gasteiger partial charge in [-0.2, -0.15) is 5.10 Å². The van der Waals surface area contributed by atoms with E-state index >= 15 is 0 Å². The summed E-state index contributed by atoms with van der Waals surface area (Å²) >= 11 is 3.41. The number of methoxy groups -OCH3 is 2. The number of rotatable bonds is 15. The topological polar surface area (TPSA) is 175 Å². The van der Waals surface area contributed by atoms with E-state index in [0.717, 1.165) is 0 Å². The van der Waals surface area contributed by atoms with Crippen LogP contribution in [0.1, 0.15) is 37.9 Å². The van der Waals surface area contributed by atoms with Crippen LogP contribution in [-0.2, 0) is 19.1 Å². The Kier molecular flexibility index (Phi) is 12.7. The van der Waals surface area contributed by atoms with E-state index in [0.29, 0.717) is 57.5 Å². The van der Waals surface area contributed by atoms with Crippen LogP contribution in [-0.4, -0.2) is 76.2 Å². The van der Waals surface area contributed by atoms with Crippen molar-refractivity contribution in [3.8, 4) is 23.0 Å². The van der Waals surface area contributed by atoms with Gasteiger partial charge in [0.25, 0.3) is 0 Å². The fourth-order valence-corrected chi connectivity index (χ4v) is 4.65. The number of carbonyl (C=O) groups excluding carboxylic acids is 3. The second-order valence-corrected chi connectivity index (χ2v) is 9.90. The van der Waals surface area contributed by atoms with E-state index in [1.165, 1.54) is 20.4 Å². The van der Waals surface area contributed by atoms with Gasteiger partial charge in [-0.25, -0.2) is 14.4 Å². The number of halogens is 1. The minimum absolute atomic E-state index is 0.193. The summed E-state index contributed by atoms with van der Waals surface area (Å²) in [4.78, 5) is 36.0. The second kappa shape index (κ2) is 16.4.